The molecule has 0 fully saturated rings. The first-order valence-electron chi connectivity index (χ1n) is 8.86. The van der Waals surface area contributed by atoms with E-state index in [0.717, 1.165) is 16.5 Å². The molecule has 3 nitrogen and oxygen atoms in total. The Morgan fingerprint density at radius 1 is 0.897 bits per heavy atom. The standard InChI is InChI=1S/C23H15Cl3N2O/c1-13-21(23(29)27-16-9-6-14(24)7-10-16)18-4-2-3-5-20(18)28-22(13)17-11-8-15(25)12-19(17)26/h2-12H,1H3,(H,27,29). The van der Waals surface area contributed by atoms with Gasteiger partial charge in [-0.1, -0.05) is 53.0 Å². The third-order valence-corrected chi connectivity index (χ3v) is 5.45. The number of hydrogen-bond acceptors (Lipinski definition) is 2. The summed E-state index contributed by atoms with van der Waals surface area (Å²) in [6.07, 6.45) is 0. The molecule has 0 bridgehead atoms. The highest BCUT2D eigenvalue weighted by Crippen LogP contribution is 2.35. The maximum atomic E-state index is 13.2. The van der Waals surface area contributed by atoms with Crippen LogP contribution >= 0.6 is 34.8 Å². The summed E-state index contributed by atoms with van der Waals surface area (Å²) >= 11 is 18.4. The summed E-state index contributed by atoms with van der Waals surface area (Å²) in [5, 5.41) is 5.33. The molecule has 1 amide bonds. The van der Waals surface area contributed by atoms with Gasteiger partial charge in [-0.2, -0.15) is 0 Å². The van der Waals surface area contributed by atoms with Crippen LogP contribution in [0.3, 0.4) is 0 Å². The normalized spacial score (nSPS) is 10.9. The average Bonchev–Trinajstić information content (AvgIpc) is 2.69. The molecule has 4 rings (SSSR count). The summed E-state index contributed by atoms with van der Waals surface area (Å²) in [6.45, 7) is 1.87. The minimum atomic E-state index is -0.227. The van der Waals surface area contributed by atoms with Gasteiger partial charge in [0.2, 0.25) is 0 Å². The van der Waals surface area contributed by atoms with Crippen LogP contribution in [0, 0.1) is 6.92 Å². The van der Waals surface area contributed by atoms with Crippen molar-refractivity contribution in [1.82, 2.24) is 4.98 Å². The molecule has 1 aromatic heterocycles. The molecule has 29 heavy (non-hydrogen) atoms. The fraction of sp³-hybridized carbons (Fsp3) is 0.0435. The molecule has 6 heteroatoms. The highest BCUT2D eigenvalue weighted by Gasteiger charge is 2.20. The van der Waals surface area contributed by atoms with Gasteiger partial charge in [-0.05, 0) is 61.0 Å². The van der Waals surface area contributed by atoms with Crippen molar-refractivity contribution in [2.45, 2.75) is 6.92 Å². The lowest BCUT2D eigenvalue weighted by Crippen LogP contribution is -2.15. The molecule has 4 aromatic rings. The van der Waals surface area contributed by atoms with E-state index in [-0.39, 0.29) is 5.91 Å². The van der Waals surface area contributed by atoms with Crippen LogP contribution < -0.4 is 5.32 Å². The van der Waals surface area contributed by atoms with Crippen molar-refractivity contribution in [3.05, 3.63) is 92.9 Å². The molecule has 0 atom stereocenters. The van der Waals surface area contributed by atoms with E-state index in [1.807, 2.05) is 37.3 Å². The highest BCUT2D eigenvalue weighted by molar-refractivity contribution is 6.36. The number of para-hydroxylation sites is 1. The Hall–Kier alpha value is -2.59. The molecular weight excluding hydrogens is 427 g/mol. The maximum absolute atomic E-state index is 13.2. The van der Waals surface area contributed by atoms with E-state index in [0.29, 0.717) is 37.5 Å². The summed E-state index contributed by atoms with van der Waals surface area (Å²) in [5.74, 6) is -0.227. The Morgan fingerprint density at radius 2 is 1.59 bits per heavy atom. The van der Waals surface area contributed by atoms with E-state index in [4.69, 9.17) is 39.8 Å². The van der Waals surface area contributed by atoms with Gasteiger partial charge in [-0.25, -0.2) is 4.98 Å². The van der Waals surface area contributed by atoms with E-state index < -0.39 is 0 Å². The van der Waals surface area contributed by atoms with Crippen LogP contribution in [0.15, 0.2) is 66.7 Å². The molecule has 0 saturated heterocycles. The largest absolute Gasteiger partial charge is 0.322 e. The van der Waals surface area contributed by atoms with Gasteiger partial charge in [0.05, 0.1) is 21.8 Å². The number of carbonyl (C=O) groups excluding carboxylic acids is 1. The Bertz CT molecular complexity index is 1240. The number of hydrogen-bond donors (Lipinski definition) is 1. The monoisotopic (exact) mass is 440 g/mol. The van der Waals surface area contributed by atoms with Crippen LogP contribution in [0.2, 0.25) is 15.1 Å². The number of aromatic nitrogens is 1. The van der Waals surface area contributed by atoms with Gasteiger partial charge in [0, 0.05) is 26.7 Å². The predicted molar refractivity (Wildman–Crippen MR) is 121 cm³/mol. The lowest BCUT2D eigenvalue weighted by atomic mass is 9.97. The van der Waals surface area contributed by atoms with Gasteiger partial charge in [0.1, 0.15) is 0 Å². The molecule has 0 radical (unpaired) electrons. The molecule has 0 saturated carbocycles. The molecule has 1 N–H and O–H groups in total. The van der Waals surface area contributed by atoms with E-state index >= 15 is 0 Å². The number of rotatable bonds is 3. The van der Waals surface area contributed by atoms with Crippen LogP contribution in [-0.2, 0) is 0 Å². The van der Waals surface area contributed by atoms with Crippen molar-refractivity contribution in [1.29, 1.82) is 0 Å². The van der Waals surface area contributed by atoms with Crippen molar-refractivity contribution in [2.75, 3.05) is 5.32 Å². The maximum Gasteiger partial charge on any atom is 0.256 e. The summed E-state index contributed by atoms with van der Waals surface area (Å²) in [6, 6.07) is 19.8. The average molecular weight is 442 g/mol. The summed E-state index contributed by atoms with van der Waals surface area (Å²) < 4.78 is 0. The Kier molecular flexibility index (Phi) is 5.46. The molecule has 1 heterocycles. The Balaban J connectivity index is 1.89. The number of nitrogens with one attached hydrogen (secondary N) is 1. The number of halogens is 3. The molecule has 0 spiro atoms. The molecule has 144 valence electrons. The van der Waals surface area contributed by atoms with Gasteiger partial charge < -0.3 is 5.32 Å². The zero-order valence-corrected chi connectivity index (χ0v) is 17.6. The fourth-order valence-electron chi connectivity index (χ4n) is 3.27. The summed E-state index contributed by atoms with van der Waals surface area (Å²) in [7, 11) is 0. The molecule has 0 aliphatic carbocycles. The zero-order valence-electron chi connectivity index (χ0n) is 15.3. The minimum Gasteiger partial charge on any atom is -0.322 e. The van der Waals surface area contributed by atoms with Crippen molar-refractivity contribution in [3.8, 4) is 11.3 Å². The first-order valence-corrected chi connectivity index (χ1v) is 9.99. The van der Waals surface area contributed by atoms with Crippen LogP contribution in [0.25, 0.3) is 22.2 Å². The SMILES string of the molecule is Cc1c(-c2ccc(Cl)cc2Cl)nc2ccccc2c1C(=O)Nc1ccc(Cl)cc1. The third kappa shape index (κ3) is 3.95. The van der Waals surface area contributed by atoms with Crippen molar-refractivity contribution < 1.29 is 4.79 Å². The summed E-state index contributed by atoms with van der Waals surface area (Å²) in [5.41, 5.74) is 4.02. The number of amides is 1. The van der Waals surface area contributed by atoms with Gasteiger partial charge in [-0.3, -0.25) is 4.79 Å². The number of pyridine rings is 1. The smallest absolute Gasteiger partial charge is 0.256 e. The quantitative estimate of drug-likeness (QED) is 0.359. The van der Waals surface area contributed by atoms with E-state index in [2.05, 4.69) is 5.32 Å². The minimum absolute atomic E-state index is 0.227. The highest BCUT2D eigenvalue weighted by atomic mass is 35.5. The van der Waals surface area contributed by atoms with Gasteiger partial charge in [-0.15, -0.1) is 0 Å². The topological polar surface area (TPSA) is 42.0 Å². The van der Waals surface area contributed by atoms with Crippen molar-refractivity contribution in [2.24, 2.45) is 0 Å². The molecule has 0 unspecified atom stereocenters. The number of carbonyl (C=O) groups is 1. The summed E-state index contributed by atoms with van der Waals surface area (Å²) in [4.78, 5) is 18.0. The second-order valence-corrected chi connectivity index (χ2v) is 7.84. The van der Waals surface area contributed by atoms with Crippen molar-refractivity contribution >= 4 is 57.3 Å². The predicted octanol–water partition coefficient (Wildman–Crippen LogP) is 7.42. The van der Waals surface area contributed by atoms with Crippen molar-refractivity contribution in [3.63, 3.8) is 0 Å². The molecule has 3 aromatic carbocycles. The number of fused-ring (bicyclic) bond motifs is 1. The van der Waals surface area contributed by atoms with Crippen LogP contribution in [0.5, 0.6) is 0 Å². The van der Waals surface area contributed by atoms with Gasteiger partial charge >= 0.3 is 0 Å². The fourth-order valence-corrected chi connectivity index (χ4v) is 3.89. The van der Waals surface area contributed by atoms with E-state index in [9.17, 15) is 4.79 Å². The molecular formula is C23H15Cl3N2O. The first-order chi connectivity index (χ1) is 13.9. The first kappa shape index (κ1) is 19.7. The van der Waals surface area contributed by atoms with Crippen LogP contribution in [0.1, 0.15) is 15.9 Å². The Labute approximate surface area is 183 Å². The zero-order chi connectivity index (χ0) is 20.5. The second kappa shape index (κ2) is 8.03. The lowest BCUT2D eigenvalue weighted by Gasteiger charge is -2.15. The van der Waals surface area contributed by atoms with Gasteiger partial charge in [0.25, 0.3) is 5.91 Å². The van der Waals surface area contributed by atoms with Crippen LogP contribution in [0.4, 0.5) is 5.69 Å². The Morgan fingerprint density at radius 3 is 2.31 bits per heavy atom. The van der Waals surface area contributed by atoms with E-state index in [1.54, 1.807) is 36.4 Å². The second-order valence-electron chi connectivity index (χ2n) is 6.56. The molecule has 0 aliphatic heterocycles. The number of nitrogens with zero attached hydrogens (tertiary/aromatic N) is 1. The number of benzene rings is 3. The third-order valence-electron chi connectivity index (χ3n) is 4.65. The lowest BCUT2D eigenvalue weighted by molar-refractivity contribution is 0.102. The van der Waals surface area contributed by atoms with Gasteiger partial charge in [0.15, 0.2) is 0 Å². The number of anilines is 1. The van der Waals surface area contributed by atoms with E-state index in [1.165, 1.54) is 0 Å². The molecule has 0 aliphatic rings. The van der Waals surface area contributed by atoms with Crippen LogP contribution in [-0.4, -0.2) is 10.9 Å².